The molecule has 3 rings (SSSR count). The second kappa shape index (κ2) is 9.82. The summed E-state index contributed by atoms with van der Waals surface area (Å²) in [5, 5.41) is 2.89. The van der Waals surface area contributed by atoms with Crippen LogP contribution in [0.4, 0.5) is 5.82 Å². The van der Waals surface area contributed by atoms with E-state index < -0.39 is 0 Å². The van der Waals surface area contributed by atoms with E-state index in [9.17, 15) is 9.59 Å². The van der Waals surface area contributed by atoms with Crippen molar-refractivity contribution in [2.45, 2.75) is 33.6 Å². The zero-order valence-corrected chi connectivity index (χ0v) is 18.1. The Morgan fingerprint density at radius 2 is 2.03 bits per heavy atom. The van der Waals surface area contributed by atoms with Crippen LogP contribution in [-0.2, 0) is 11.2 Å². The lowest BCUT2D eigenvalue weighted by atomic mass is 10.1. The Hall–Kier alpha value is -2.48. The van der Waals surface area contributed by atoms with E-state index in [4.69, 9.17) is 4.74 Å². The van der Waals surface area contributed by atoms with Crippen molar-refractivity contribution in [2.75, 3.05) is 37.7 Å². The fraction of sp³-hybridized carbons (Fsp3) is 0.524. The maximum atomic E-state index is 12.9. The summed E-state index contributed by atoms with van der Waals surface area (Å²) >= 11 is 1.56. The minimum atomic E-state index is -0.362. The molecule has 156 valence electrons. The van der Waals surface area contributed by atoms with Crippen molar-refractivity contribution in [1.82, 2.24) is 14.9 Å². The van der Waals surface area contributed by atoms with Crippen molar-refractivity contribution in [1.29, 1.82) is 0 Å². The lowest BCUT2D eigenvalue weighted by Gasteiger charge is -2.22. The first-order chi connectivity index (χ1) is 14.0. The molecule has 0 unspecified atom stereocenters. The maximum Gasteiger partial charge on any atom is 0.339 e. The van der Waals surface area contributed by atoms with E-state index >= 15 is 0 Å². The Morgan fingerprint density at radius 3 is 2.72 bits per heavy atom. The van der Waals surface area contributed by atoms with Crippen LogP contribution in [0.3, 0.4) is 0 Å². The van der Waals surface area contributed by atoms with Gasteiger partial charge >= 0.3 is 5.97 Å². The van der Waals surface area contributed by atoms with Crippen molar-refractivity contribution < 1.29 is 14.3 Å². The molecule has 29 heavy (non-hydrogen) atoms. The Labute approximate surface area is 175 Å². The number of ether oxygens (including phenoxy) is 1. The number of anilines is 1. The van der Waals surface area contributed by atoms with Crippen molar-refractivity contribution in [3.8, 4) is 0 Å². The summed E-state index contributed by atoms with van der Waals surface area (Å²) in [5.41, 5.74) is 0.999. The molecule has 2 aromatic rings. The number of hydrogen-bond donors (Lipinski definition) is 0. The molecular weight excluding hydrogens is 388 g/mol. The van der Waals surface area contributed by atoms with Crippen LogP contribution < -0.4 is 4.90 Å². The van der Waals surface area contributed by atoms with Crippen molar-refractivity contribution in [3.63, 3.8) is 0 Å². The summed E-state index contributed by atoms with van der Waals surface area (Å²) in [6, 6.07) is 3.57. The van der Waals surface area contributed by atoms with Gasteiger partial charge in [-0.15, -0.1) is 11.3 Å². The quantitative estimate of drug-likeness (QED) is 0.673. The molecule has 0 aliphatic carbocycles. The van der Waals surface area contributed by atoms with Gasteiger partial charge in [-0.1, -0.05) is 13.8 Å². The number of aromatic nitrogens is 2. The van der Waals surface area contributed by atoms with Gasteiger partial charge in [0.2, 0.25) is 0 Å². The van der Waals surface area contributed by atoms with Crippen LogP contribution in [0.1, 0.15) is 53.0 Å². The van der Waals surface area contributed by atoms with Gasteiger partial charge < -0.3 is 14.5 Å². The summed E-state index contributed by atoms with van der Waals surface area (Å²) in [7, 11) is 0. The molecule has 8 heteroatoms. The number of pyridine rings is 1. The number of nitrogens with zero attached hydrogens (tertiary/aromatic N) is 4. The Bertz CT molecular complexity index is 835. The van der Waals surface area contributed by atoms with Gasteiger partial charge in [0.05, 0.1) is 17.2 Å². The van der Waals surface area contributed by atoms with Gasteiger partial charge in [0.15, 0.2) is 0 Å². The van der Waals surface area contributed by atoms with Crippen molar-refractivity contribution in [3.05, 3.63) is 40.0 Å². The Balaban J connectivity index is 1.60. The molecule has 0 radical (unpaired) electrons. The number of amides is 1. The van der Waals surface area contributed by atoms with E-state index in [1.165, 1.54) is 0 Å². The molecule has 1 fully saturated rings. The van der Waals surface area contributed by atoms with E-state index in [0.717, 1.165) is 30.2 Å². The molecular formula is C21H28N4O3S. The summed E-state index contributed by atoms with van der Waals surface area (Å²) in [5.74, 6) is 0.974. The predicted molar refractivity (Wildman–Crippen MR) is 114 cm³/mol. The molecule has 0 aromatic carbocycles. The molecule has 0 spiro atoms. The molecule has 1 aliphatic heterocycles. The third kappa shape index (κ3) is 5.53. The van der Waals surface area contributed by atoms with Gasteiger partial charge in [-0.3, -0.25) is 4.79 Å². The fourth-order valence-corrected chi connectivity index (χ4v) is 4.25. The first-order valence-electron chi connectivity index (χ1n) is 10.1. The zero-order valence-electron chi connectivity index (χ0n) is 17.3. The SMILES string of the molecule is CCOC(=O)c1ccc(N2CCCN(C(=O)c3csc(CC(C)C)n3)CC2)nc1. The summed E-state index contributed by atoms with van der Waals surface area (Å²) in [6.07, 6.45) is 3.31. The smallest absolute Gasteiger partial charge is 0.339 e. The monoisotopic (exact) mass is 416 g/mol. The van der Waals surface area contributed by atoms with E-state index in [1.54, 1.807) is 30.5 Å². The topological polar surface area (TPSA) is 75.6 Å². The highest BCUT2D eigenvalue weighted by Crippen LogP contribution is 2.18. The average Bonchev–Trinajstić information content (AvgIpc) is 3.02. The number of hydrogen-bond acceptors (Lipinski definition) is 7. The standard InChI is InChI=1S/C21H28N4O3S/c1-4-28-21(27)16-6-7-18(22-13-16)24-8-5-9-25(11-10-24)20(26)17-14-29-19(23-17)12-15(2)3/h6-7,13-15H,4-5,8-12H2,1-3H3. The highest BCUT2D eigenvalue weighted by molar-refractivity contribution is 7.09. The molecule has 1 amide bonds. The van der Waals surface area contributed by atoms with Crippen LogP contribution in [0.5, 0.6) is 0 Å². The molecule has 7 nitrogen and oxygen atoms in total. The molecule has 0 atom stereocenters. The highest BCUT2D eigenvalue weighted by Gasteiger charge is 2.23. The van der Waals surface area contributed by atoms with Gasteiger partial charge in [0, 0.05) is 44.2 Å². The van der Waals surface area contributed by atoms with Crippen molar-refractivity contribution >= 4 is 29.0 Å². The maximum absolute atomic E-state index is 12.9. The summed E-state index contributed by atoms with van der Waals surface area (Å²) < 4.78 is 5.00. The van der Waals surface area contributed by atoms with Crippen LogP contribution in [0.15, 0.2) is 23.7 Å². The number of rotatable bonds is 6. The fourth-order valence-electron chi connectivity index (χ4n) is 3.27. The second-order valence-corrected chi connectivity index (χ2v) is 8.43. The number of esters is 1. The minimum Gasteiger partial charge on any atom is -0.462 e. The molecule has 0 bridgehead atoms. The highest BCUT2D eigenvalue weighted by atomic mass is 32.1. The van der Waals surface area contributed by atoms with E-state index in [1.807, 2.05) is 16.3 Å². The molecule has 0 saturated carbocycles. The number of carbonyl (C=O) groups excluding carboxylic acids is 2. The lowest BCUT2D eigenvalue weighted by molar-refractivity contribution is 0.0525. The number of carbonyl (C=O) groups is 2. The third-order valence-corrected chi connectivity index (χ3v) is 5.59. The van der Waals surface area contributed by atoms with Gasteiger partial charge in [-0.05, 0) is 31.4 Å². The Morgan fingerprint density at radius 1 is 1.21 bits per heavy atom. The van der Waals surface area contributed by atoms with E-state index in [0.29, 0.717) is 43.4 Å². The summed E-state index contributed by atoms with van der Waals surface area (Å²) in [4.78, 5) is 37.6. The zero-order chi connectivity index (χ0) is 20.8. The van der Waals surface area contributed by atoms with Gasteiger partial charge in [-0.2, -0.15) is 0 Å². The van der Waals surface area contributed by atoms with Crippen LogP contribution in [-0.4, -0.2) is 59.5 Å². The lowest BCUT2D eigenvalue weighted by Crippen LogP contribution is -2.35. The van der Waals surface area contributed by atoms with Crippen LogP contribution in [0.2, 0.25) is 0 Å². The molecule has 1 aliphatic rings. The minimum absolute atomic E-state index is 0.00345. The van der Waals surface area contributed by atoms with E-state index in [-0.39, 0.29) is 11.9 Å². The first kappa shape index (κ1) is 21.2. The molecule has 0 N–H and O–H groups in total. The van der Waals surface area contributed by atoms with Crippen molar-refractivity contribution in [2.24, 2.45) is 5.92 Å². The largest absolute Gasteiger partial charge is 0.462 e. The number of thiazole rings is 1. The first-order valence-corrected chi connectivity index (χ1v) is 11.0. The summed E-state index contributed by atoms with van der Waals surface area (Å²) in [6.45, 7) is 9.25. The van der Waals surface area contributed by atoms with Crippen LogP contribution in [0.25, 0.3) is 0 Å². The van der Waals surface area contributed by atoms with Crippen LogP contribution in [0, 0.1) is 5.92 Å². The Kier molecular flexibility index (Phi) is 7.19. The second-order valence-electron chi connectivity index (χ2n) is 7.48. The van der Waals surface area contributed by atoms with Gasteiger partial charge in [0.1, 0.15) is 11.5 Å². The van der Waals surface area contributed by atoms with E-state index in [2.05, 4.69) is 28.7 Å². The molecule has 3 heterocycles. The third-order valence-electron chi connectivity index (χ3n) is 4.72. The average molecular weight is 417 g/mol. The predicted octanol–water partition coefficient (Wildman–Crippen LogP) is 3.27. The van der Waals surface area contributed by atoms with Crippen LogP contribution >= 0.6 is 11.3 Å². The molecule has 1 saturated heterocycles. The van der Waals surface area contributed by atoms with Gasteiger partial charge in [0.25, 0.3) is 5.91 Å². The van der Waals surface area contributed by atoms with Gasteiger partial charge in [-0.25, -0.2) is 14.8 Å². The normalized spacial score (nSPS) is 14.8. The molecule has 2 aromatic heterocycles.